The van der Waals surface area contributed by atoms with E-state index in [2.05, 4.69) is 29.4 Å². The van der Waals surface area contributed by atoms with Crippen LogP contribution in [0.1, 0.15) is 6.42 Å². The summed E-state index contributed by atoms with van der Waals surface area (Å²) in [5.41, 5.74) is 1.21. The summed E-state index contributed by atoms with van der Waals surface area (Å²) in [5.74, 6) is 0.675. The van der Waals surface area contributed by atoms with E-state index in [1.165, 1.54) is 5.69 Å². The summed E-state index contributed by atoms with van der Waals surface area (Å²) in [6.45, 7) is 1.69. The van der Waals surface area contributed by atoms with Crippen molar-refractivity contribution in [1.82, 2.24) is 5.32 Å². The Morgan fingerprint density at radius 3 is 2.71 bits per heavy atom. The van der Waals surface area contributed by atoms with E-state index in [0.717, 1.165) is 19.5 Å². The van der Waals surface area contributed by atoms with Gasteiger partial charge < -0.3 is 10.2 Å². The maximum absolute atomic E-state index is 11.2. The SMILES string of the molecule is CSCC(=O)NCCCN(C)c1ccccc1. The number of nitrogens with one attached hydrogen (secondary N) is 1. The first-order chi connectivity index (χ1) is 8.24. The fourth-order valence-corrected chi connectivity index (χ4v) is 1.90. The molecule has 1 amide bonds. The molecule has 0 spiro atoms. The zero-order chi connectivity index (χ0) is 12.5. The number of benzene rings is 1. The third kappa shape index (κ3) is 5.63. The Morgan fingerprint density at radius 1 is 1.35 bits per heavy atom. The zero-order valence-electron chi connectivity index (χ0n) is 10.5. The van der Waals surface area contributed by atoms with E-state index in [0.29, 0.717) is 5.75 Å². The molecule has 0 radical (unpaired) electrons. The highest BCUT2D eigenvalue weighted by atomic mass is 32.2. The van der Waals surface area contributed by atoms with Crippen molar-refractivity contribution < 1.29 is 4.79 Å². The average molecular weight is 252 g/mol. The van der Waals surface area contributed by atoms with Crippen molar-refractivity contribution in [2.24, 2.45) is 0 Å². The third-order valence-electron chi connectivity index (χ3n) is 2.46. The predicted octanol–water partition coefficient (Wildman–Crippen LogP) is 1.99. The number of amides is 1. The van der Waals surface area contributed by atoms with Crippen molar-refractivity contribution in [3.8, 4) is 0 Å². The van der Waals surface area contributed by atoms with Crippen LogP contribution in [0.3, 0.4) is 0 Å². The lowest BCUT2D eigenvalue weighted by atomic mass is 10.3. The first-order valence-corrected chi connectivity index (χ1v) is 7.15. The molecule has 0 bridgehead atoms. The van der Waals surface area contributed by atoms with Gasteiger partial charge in [0.05, 0.1) is 5.75 Å². The average Bonchev–Trinajstić information content (AvgIpc) is 2.36. The lowest BCUT2D eigenvalue weighted by Crippen LogP contribution is -2.29. The molecule has 0 aromatic heterocycles. The second-order valence-corrected chi connectivity index (χ2v) is 4.76. The molecule has 4 heteroatoms. The number of para-hydroxylation sites is 1. The molecule has 1 rings (SSSR count). The van der Waals surface area contributed by atoms with Crippen LogP contribution in [0.2, 0.25) is 0 Å². The highest BCUT2D eigenvalue weighted by Gasteiger charge is 2.01. The van der Waals surface area contributed by atoms with Crippen molar-refractivity contribution in [3.05, 3.63) is 30.3 Å². The zero-order valence-corrected chi connectivity index (χ0v) is 11.3. The second-order valence-electron chi connectivity index (χ2n) is 3.89. The van der Waals surface area contributed by atoms with Crippen molar-refractivity contribution in [2.45, 2.75) is 6.42 Å². The van der Waals surface area contributed by atoms with Gasteiger partial charge >= 0.3 is 0 Å². The third-order valence-corrected chi connectivity index (χ3v) is 3.02. The highest BCUT2D eigenvalue weighted by molar-refractivity contribution is 7.99. The van der Waals surface area contributed by atoms with Crippen LogP contribution in [0.15, 0.2) is 30.3 Å². The van der Waals surface area contributed by atoms with Gasteiger partial charge in [-0.05, 0) is 24.8 Å². The monoisotopic (exact) mass is 252 g/mol. The van der Waals surface area contributed by atoms with E-state index in [1.54, 1.807) is 11.8 Å². The van der Waals surface area contributed by atoms with Gasteiger partial charge in [0.1, 0.15) is 0 Å². The van der Waals surface area contributed by atoms with Gasteiger partial charge in [0, 0.05) is 25.8 Å². The van der Waals surface area contributed by atoms with Crippen LogP contribution in [0.5, 0.6) is 0 Å². The van der Waals surface area contributed by atoms with E-state index in [9.17, 15) is 4.79 Å². The van der Waals surface area contributed by atoms with Gasteiger partial charge in [-0.1, -0.05) is 18.2 Å². The van der Waals surface area contributed by atoms with Gasteiger partial charge in [0.25, 0.3) is 0 Å². The van der Waals surface area contributed by atoms with Crippen molar-refractivity contribution >= 4 is 23.4 Å². The number of hydrogen-bond acceptors (Lipinski definition) is 3. The Hall–Kier alpha value is -1.16. The summed E-state index contributed by atoms with van der Waals surface area (Å²) < 4.78 is 0. The van der Waals surface area contributed by atoms with E-state index in [1.807, 2.05) is 24.5 Å². The molecule has 17 heavy (non-hydrogen) atoms. The summed E-state index contributed by atoms with van der Waals surface area (Å²) >= 11 is 1.55. The maximum Gasteiger partial charge on any atom is 0.229 e. The van der Waals surface area contributed by atoms with Crippen LogP contribution in [-0.2, 0) is 4.79 Å². The highest BCUT2D eigenvalue weighted by Crippen LogP contribution is 2.10. The van der Waals surface area contributed by atoms with Crippen LogP contribution < -0.4 is 10.2 Å². The van der Waals surface area contributed by atoms with Crippen LogP contribution in [0, 0.1) is 0 Å². The fraction of sp³-hybridized carbons (Fsp3) is 0.462. The second kappa shape index (κ2) is 8.01. The number of anilines is 1. The Kier molecular flexibility index (Phi) is 6.55. The molecule has 0 heterocycles. The minimum Gasteiger partial charge on any atom is -0.375 e. The Bertz CT molecular complexity index is 329. The largest absolute Gasteiger partial charge is 0.375 e. The van der Waals surface area contributed by atoms with E-state index < -0.39 is 0 Å². The molecule has 0 unspecified atom stereocenters. The Balaban J connectivity index is 2.17. The van der Waals surface area contributed by atoms with Gasteiger partial charge in [-0.3, -0.25) is 4.79 Å². The molecule has 0 atom stereocenters. The number of rotatable bonds is 7. The van der Waals surface area contributed by atoms with Crippen LogP contribution in [-0.4, -0.2) is 38.1 Å². The smallest absolute Gasteiger partial charge is 0.229 e. The Labute approximate surface area is 108 Å². The molecular weight excluding hydrogens is 232 g/mol. The number of thioether (sulfide) groups is 1. The molecular formula is C13H20N2OS. The molecule has 0 saturated heterocycles. The normalized spacial score (nSPS) is 10.0. The van der Waals surface area contributed by atoms with Crippen LogP contribution >= 0.6 is 11.8 Å². The molecule has 1 N–H and O–H groups in total. The summed E-state index contributed by atoms with van der Waals surface area (Å²) in [6, 6.07) is 10.3. The first-order valence-electron chi connectivity index (χ1n) is 5.76. The molecule has 0 aliphatic heterocycles. The van der Waals surface area contributed by atoms with E-state index >= 15 is 0 Å². The molecule has 0 fully saturated rings. The number of carbonyl (C=O) groups is 1. The summed E-state index contributed by atoms with van der Waals surface area (Å²) in [5, 5.41) is 2.90. The Morgan fingerprint density at radius 2 is 2.06 bits per heavy atom. The molecule has 94 valence electrons. The lowest BCUT2D eigenvalue weighted by Gasteiger charge is -2.19. The molecule has 0 saturated carbocycles. The standard InChI is InChI=1S/C13H20N2OS/c1-15(12-7-4-3-5-8-12)10-6-9-14-13(16)11-17-2/h3-5,7-8H,6,9-11H2,1-2H3,(H,14,16). The van der Waals surface area contributed by atoms with Crippen molar-refractivity contribution in [3.63, 3.8) is 0 Å². The van der Waals surface area contributed by atoms with Crippen LogP contribution in [0.25, 0.3) is 0 Å². The number of carbonyl (C=O) groups excluding carboxylic acids is 1. The van der Waals surface area contributed by atoms with Gasteiger partial charge in [0.2, 0.25) is 5.91 Å². The van der Waals surface area contributed by atoms with Gasteiger partial charge in [-0.2, -0.15) is 11.8 Å². The quantitative estimate of drug-likeness (QED) is 0.753. The topological polar surface area (TPSA) is 32.3 Å². The van der Waals surface area contributed by atoms with Gasteiger partial charge in [-0.15, -0.1) is 0 Å². The molecule has 3 nitrogen and oxygen atoms in total. The minimum atomic E-state index is 0.125. The first kappa shape index (κ1) is 13.9. The minimum absolute atomic E-state index is 0.125. The molecule has 1 aromatic rings. The van der Waals surface area contributed by atoms with Crippen molar-refractivity contribution in [2.75, 3.05) is 37.0 Å². The van der Waals surface area contributed by atoms with E-state index in [4.69, 9.17) is 0 Å². The van der Waals surface area contributed by atoms with Gasteiger partial charge in [-0.25, -0.2) is 0 Å². The number of hydrogen-bond donors (Lipinski definition) is 1. The maximum atomic E-state index is 11.2. The predicted molar refractivity (Wildman–Crippen MR) is 75.7 cm³/mol. The number of nitrogens with zero attached hydrogens (tertiary/aromatic N) is 1. The summed E-state index contributed by atoms with van der Waals surface area (Å²) in [6.07, 6.45) is 2.90. The van der Waals surface area contributed by atoms with Gasteiger partial charge in [0.15, 0.2) is 0 Å². The van der Waals surface area contributed by atoms with Crippen molar-refractivity contribution in [1.29, 1.82) is 0 Å². The summed E-state index contributed by atoms with van der Waals surface area (Å²) in [7, 11) is 2.07. The van der Waals surface area contributed by atoms with E-state index in [-0.39, 0.29) is 5.91 Å². The molecule has 1 aromatic carbocycles. The fourth-order valence-electron chi connectivity index (χ4n) is 1.54. The molecule has 0 aliphatic carbocycles. The lowest BCUT2D eigenvalue weighted by molar-refractivity contribution is -0.118. The summed E-state index contributed by atoms with van der Waals surface area (Å²) in [4.78, 5) is 13.4. The van der Waals surface area contributed by atoms with Crippen LogP contribution in [0.4, 0.5) is 5.69 Å². The molecule has 0 aliphatic rings.